The summed E-state index contributed by atoms with van der Waals surface area (Å²) in [6.07, 6.45) is 5.07. The average molecular weight is 274 g/mol. The van der Waals surface area contributed by atoms with E-state index in [1.165, 1.54) is 5.56 Å². The number of rotatable bonds is 5. The highest BCUT2D eigenvalue weighted by Crippen LogP contribution is 2.28. The number of carbonyl (C=O) groups is 1. The van der Waals surface area contributed by atoms with Crippen molar-refractivity contribution in [3.05, 3.63) is 35.9 Å². The first kappa shape index (κ1) is 15.0. The lowest BCUT2D eigenvalue weighted by molar-refractivity contribution is -0.126. The van der Waals surface area contributed by atoms with Gasteiger partial charge in [0, 0.05) is 12.0 Å². The fourth-order valence-corrected chi connectivity index (χ4v) is 3.04. The molecule has 1 fully saturated rings. The zero-order chi connectivity index (χ0) is 14.4. The Morgan fingerprint density at radius 1 is 1.25 bits per heavy atom. The maximum absolute atomic E-state index is 12.3. The molecule has 0 heterocycles. The molecule has 1 saturated carbocycles. The molecule has 20 heavy (non-hydrogen) atoms. The molecule has 0 bridgehead atoms. The Morgan fingerprint density at radius 2 is 1.90 bits per heavy atom. The molecule has 2 rings (SSSR count). The van der Waals surface area contributed by atoms with Gasteiger partial charge in [0.05, 0.1) is 0 Å². The van der Waals surface area contributed by atoms with E-state index in [9.17, 15) is 4.79 Å². The van der Waals surface area contributed by atoms with Crippen molar-refractivity contribution in [1.29, 1.82) is 0 Å². The van der Waals surface area contributed by atoms with Crippen LogP contribution in [0.25, 0.3) is 0 Å². The van der Waals surface area contributed by atoms with Crippen LogP contribution in [0.4, 0.5) is 0 Å². The number of carbonyl (C=O) groups excluding carboxylic acids is 1. The molecule has 0 spiro atoms. The van der Waals surface area contributed by atoms with Gasteiger partial charge in [-0.3, -0.25) is 4.79 Å². The summed E-state index contributed by atoms with van der Waals surface area (Å²) < 4.78 is 0. The third-order valence-corrected chi connectivity index (χ3v) is 4.32. The first-order chi connectivity index (χ1) is 9.69. The lowest BCUT2D eigenvalue weighted by atomic mass is 9.81. The number of amides is 1. The molecule has 1 amide bonds. The predicted octanol–water partition coefficient (Wildman–Crippen LogP) is 2.50. The maximum atomic E-state index is 12.3. The van der Waals surface area contributed by atoms with Crippen molar-refractivity contribution in [1.82, 2.24) is 5.32 Å². The summed E-state index contributed by atoms with van der Waals surface area (Å²) in [5.74, 6) is 1.04. The average Bonchev–Trinajstić information content (AvgIpc) is 2.48. The first-order valence-electron chi connectivity index (χ1n) is 7.73. The Labute approximate surface area is 121 Å². The van der Waals surface area contributed by atoms with Crippen LogP contribution >= 0.6 is 0 Å². The number of nitrogens with one attached hydrogen (secondary N) is 1. The quantitative estimate of drug-likeness (QED) is 0.866. The highest BCUT2D eigenvalue weighted by Gasteiger charge is 2.26. The van der Waals surface area contributed by atoms with Gasteiger partial charge in [-0.25, -0.2) is 0 Å². The van der Waals surface area contributed by atoms with Gasteiger partial charge in [-0.2, -0.15) is 0 Å². The maximum Gasteiger partial charge on any atom is 0.223 e. The van der Waals surface area contributed by atoms with Gasteiger partial charge in [-0.1, -0.05) is 30.3 Å². The van der Waals surface area contributed by atoms with Crippen LogP contribution in [0.5, 0.6) is 0 Å². The van der Waals surface area contributed by atoms with Crippen molar-refractivity contribution in [2.24, 2.45) is 17.6 Å². The molecule has 3 N–H and O–H groups in total. The second-order valence-electron chi connectivity index (χ2n) is 6.05. The number of nitrogens with two attached hydrogens (primary N) is 1. The molecular weight excluding hydrogens is 248 g/mol. The van der Waals surface area contributed by atoms with Gasteiger partial charge in [0.2, 0.25) is 5.91 Å². The Balaban J connectivity index is 1.77. The normalized spacial score (nSPS) is 24.1. The fraction of sp³-hybridized carbons (Fsp3) is 0.588. The molecule has 0 saturated heterocycles. The predicted molar refractivity (Wildman–Crippen MR) is 82.3 cm³/mol. The minimum Gasteiger partial charge on any atom is -0.353 e. The monoisotopic (exact) mass is 274 g/mol. The van der Waals surface area contributed by atoms with Crippen molar-refractivity contribution in [3.8, 4) is 0 Å². The molecule has 0 radical (unpaired) electrons. The first-order valence-corrected chi connectivity index (χ1v) is 7.73. The van der Waals surface area contributed by atoms with E-state index in [2.05, 4.69) is 24.4 Å². The number of hydrogen-bond donors (Lipinski definition) is 2. The van der Waals surface area contributed by atoms with Gasteiger partial charge in [-0.05, 0) is 57.1 Å². The third kappa shape index (κ3) is 4.34. The lowest BCUT2D eigenvalue weighted by Gasteiger charge is -2.28. The molecule has 1 aliphatic carbocycles. The van der Waals surface area contributed by atoms with Crippen LogP contribution in [0.15, 0.2) is 30.3 Å². The molecule has 1 aromatic carbocycles. The van der Waals surface area contributed by atoms with E-state index in [1.807, 2.05) is 18.2 Å². The zero-order valence-corrected chi connectivity index (χ0v) is 12.3. The Bertz CT molecular complexity index is 410. The van der Waals surface area contributed by atoms with Gasteiger partial charge in [-0.15, -0.1) is 0 Å². The van der Waals surface area contributed by atoms with Gasteiger partial charge < -0.3 is 11.1 Å². The molecule has 1 aromatic rings. The summed E-state index contributed by atoms with van der Waals surface area (Å²) >= 11 is 0. The second-order valence-corrected chi connectivity index (χ2v) is 6.05. The van der Waals surface area contributed by atoms with Crippen LogP contribution < -0.4 is 11.1 Å². The van der Waals surface area contributed by atoms with E-state index in [1.54, 1.807) is 0 Å². The number of benzene rings is 1. The molecule has 0 aliphatic heterocycles. The summed E-state index contributed by atoms with van der Waals surface area (Å²) in [6, 6.07) is 10.5. The minimum absolute atomic E-state index is 0.191. The van der Waals surface area contributed by atoms with Crippen molar-refractivity contribution in [2.45, 2.75) is 45.1 Å². The summed E-state index contributed by atoms with van der Waals surface area (Å²) in [6.45, 7) is 2.84. The van der Waals surface area contributed by atoms with E-state index >= 15 is 0 Å². The Hall–Kier alpha value is -1.35. The number of hydrogen-bond acceptors (Lipinski definition) is 2. The third-order valence-electron chi connectivity index (χ3n) is 4.32. The minimum atomic E-state index is 0.191. The van der Waals surface area contributed by atoms with Crippen LogP contribution in [-0.2, 0) is 11.2 Å². The molecule has 110 valence electrons. The molecule has 3 heteroatoms. The SMILES string of the molecule is CC(Cc1ccccc1)NC(=O)C1CCC(CN)CC1. The van der Waals surface area contributed by atoms with Crippen molar-refractivity contribution in [3.63, 3.8) is 0 Å². The van der Waals surface area contributed by atoms with Gasteiger partial charge in [0.25, 0.3) is 0 Å². The van der Waals surface area contributed by atoms with E-state index in [0.29, 0.717) is 5.92 Å². The van der Waals surface area contributed by atoms with Crippen molar-refractivity contribution >= 4 is 5.91 Å². The molecule has 1 aliphatic rings. The van der Waals surface area contributed by atoms with Gasteiger partial charge >= 0.3 is 0 Å². The van der Waals surface area contributed by atoms with E-state index in [0.717, 1.165) is 38.6 Å². The molecular formula is C17H26N2O. The van der Waals surface area contributed by atoms with Crippen LogP contribution in [0.1, 0.15) is 38.2 Å². The molecule has 3 nitrogen and oxygen atoms in total. The van der Waals surface area contributed by atoms with Crippen LogP contribution in [0, 0.1) is 11.8 Å². The summed E-state index contributed by atoms with van der Waals surface area (Å²) in [7, 11) is 0. The van der Waals surface area contributed by atoms with Crippen molar-refractivity contribution < 1.29 is 4.79 Å². The van der Waals surface area contributed by atoms with Crippen LogP contribution in [0.3, 0.4) is 0 Å². The topological polar surface area (TPSA) is 55.1 Å². The Morgan fingerprint density at radius 3 is 2.50 bits per heavy atom. The summed E-state index contributed by atoms with van der Waals surface area (Å²) in [5.41, 5.74) is 6.96. The standard InChI is InChI=1S/C17H26N2O/c1-13(11-14-5-3-2-4-6-14)19-17(20)16-9-7-15(12-18)8-10-16/h2-6,13,15-16H,7-12,18H2,1H3,(H,19,20). The molecule has 0 aromatic heterocycles. The highest BCUT2D eigenvalue weighted by molar-refractivity contribution is 5.79. The largest absolute Gasteiger partial charge is 0.353 e. The lowest BCUT2D eigenvalue weighted by Crippen LogP contribution is -2.40. The van der Waals surface area contributed by atoms with Gasteiger partial charge in [0.1, 0.15) is 0 Å². The fourth-order valence-electron chi connectivity index (χ4n) is 3.04. The zero-order valence-electron chi connectivity index (χ0n) is 12.3. The van der Waals surface area contributed by atoms with Crippen LogP contribution in [0.2, 0.25) is 0 Å². The van der Waals surface area contributed by atoms with E-state index in [4.69, 9.17) is 5.73 Å². The van der Waals surface area contributed by atoms with E-state index in [-0.39, 0.29) is 17.9 Å². The van der Waals surface area contributed by atoms with Gasteiger partial charge in [0.15, 0.2) is 0 Å². The highest BCUT2D eigenvalue weighted by atomic mass is 16.1. The second kappa shape index (κ2) is 7.44. The summed E-state index contributed by atoms with van der Waals surface area (Å²) in [4.78, 5) is 12.3. The molecule has 1 unspecified atom stereocenters. The van der Waals surface area contributed by atoms with E-state index < -0.39 is 0 Å². The smallest absolute Gasteiger partial charge is 0.223 e. The molecule has 1 atom stereocenters. The van der Waals surface area contributed by atoms with Crippen LogP contribution in [-0.4, -0.2) is 18.5 Å². The summed E-state index contributed by atoms with van der Waals surface area (Å²) in [5, 5.41) is 3.16. The van der Waals surface area contributed by atoms with Crippen molar-refractivity contribution in [2.75, 3.05) is 6.54 Å². The Kier molecular flexibility index (Phi) is 5.60.